The quantitative estimate of drug-likeness (QED) is 0.865. The highest BCUT2D eigenvalue weighted by atomic mass is 15.2. The van der Waals surface area contributed by atoms with Crippen molar-refractivity contribution in [3.8, 4) is 0 Å². The molecule has 3 rings (SSSR count). The normalized spacial score (nSPS) is 28.6. The van der Waals surface area contributed by atoms with Crippen LogP contribution in [0.3, 0.4) is 0 Å². The zero-order valence-electron chi connectivity index (χ0n) is 11.3. The molecule has 0 unspecified atom stereocenters. The van der Waals surface area contributed by atoms with Crippen molar-refractivity contribution in [1.29, 1.82) is 0 Å². The molecule has 2 aliphatic carbocycles. The molecule has 2 heteroatoms. The number of benzene rings is 1. The van der Waals surface area contributed by atoms with E-state index in [1.54, 1.807) is 11.1 Å². The standard InChI is InChI=1S/C16H24N2/c1-18(15-8-6-14(17)7-9-15)16-10-12-4-2-3-5-13(12)11-16/h2-5,14-16H,6-11,17H2,1H3. The lowest BCUT2D eigenvalue weighted by Gasteiger charge is -2.37. The molecule has 0 heterocycles. The molecule has 2 aliphatic rings. The highest BCUT2D eigenvalue weighted by Crippen LogP contribution is 2.29. The molecule has 1 fully saturated rings. The minimum absolute atomic E-state index is 0.454. The van der Waals surface area contributed by atoms with Crippen molar-refractivity contribution in [2.24, 2.45) is 5.73 Å². The smallest absolute Gasteiger partial charge is 0.0176 e. The Labute approximate surface area is 110 Å². The van der Waals surface area contributed by atoms with Crippen molar-refractivity contribution in [3.05, 3.63) is 35.4 Å². The average molecular weight is 244 g/mol. The Hall–Kier alpha value is -0.860. The molecule has 0 aromatic heterocycles. The van der Waals surface area contributed by atoms with Crippen LogP contribution in [0, 0.1) is 0 Å². The molecular formula is C16H24N2. The highest BCUT2D eigenvalue weighted by molar-refractivity contribution is 5.33. The summed E-state index contributed by atoms with van der Waals surface area (Å²) in [5.41, 5.74) is 9.12. The Morgan fingerprint density at radius 3 is 2.06 bits per heavy atom. The summed E-state index contributed by atoms with van der Waals surface area (Å²) >= 11 is 0. The Morgan fingerprint density at radius 2 is 1.50 bits per heavy atom. The minimum Gasteiger partial charge on any atom is -0.328 e. The van der Waals surface area contributed by atoms with E-state index >= 15 is 0 Å². The number of nitrogens with two attached hydrogens (primary N) is 1. The molecule has 0 aliphatic heterocycles. The van der Waals surface area contributed by atoms with Crippen molar-refractivity contribution >= 4 is 0 Å². The van der Waals surface area contributed by atoms with Crippen LogP contribution in [0.4, 0.5) is 0 Å². The second kappa shape index (κ2) is 5.02. The van der Waals surface area contributed by atoms with Crippen molar-refractivity contribution < 1.29 is 0 Å². The van der Waals surface area contributed by atoms with Crippen LogP contribution in [0.15, 0.2) is 24.3 Å². The zero-order valence-corrected chi connectivity index (χ0v) is 11.3. The van der Waals surface area contributed by atoms with E-state index in [2.05, 4.69) is 36.2 Å². The van der Waals surface area contributed by atoms with Gasteiger partial charge in [-0.15, -0.1) is 0 Å². The molecule has 0 radical (unpaired) electrons. The first-order valence-corrected chi connectivity index (χ1v) is 7.28. The molecule has 0 spiro atoms. The van der Waals surface area contributed by atoms with Crippen molar-refractivity contribution in [2.45, 2.75) is 56.7 Å². The lowest BCUT2D eigenvalue weighted by Crippen LogP contribution is -2.44. The van der Waals surface area contributed by atoms with Gasteiger partial charge in [0.25, 0.3) is 0 Å². The fourth-order valence-electron chi connectivity index (χ4n) is 3.63. The molecule has 1 saturated carbocycles. The number of likely N-dealkylation sites (N-methyl/N-ethyl adjacent to an activating group) is 1. The van der Waals surface area contributed by atoms with E-state index in [-0.39, 0.29) is 0 Å². The van der Waals surface area contributed by atoms with E-state index in [1.807, 2.05) is 0 Å². The van der Waals surface area contributed by atoms with Crippen LogP contribution in [0.2, 0.25) is 0 Å². The SMILES string of the molecule is CN(C1CCC(N)CC1)C1Cc2ccccc2C1. The summed E-state index contributed by atoms with van der Waals surface area (Å²) in [7, 11) is 2.32. The molecular weight excluding hydrogens is 220 g/mol. The second-order valence-corrected chi connectivity index (χ2v) is 6.06. The monoisotopic (exact) mass is 244 g/mol. The molecule has 1 aromatic rings. The summed E-state index contributed by atoms with van der Waals surface area (Å²) < 4.78 is 0. The maximum Gasteiger partial charge on any atom is 0.0176 e. The van der Waals surface area contributed by atoms with Crippen molar-refractivity contribution in [1.82, 2.24) is 4.90 Å². The van der Waals surface area contributed by atoms with Crippen LogP contribution in [0.5, 0.6) is 0 Å². The Morgan fingerprint density at radius 1 is 0.944 bits per heavy atom. The first-order chi connectivity index (χ1) is 8.74. The van der Waals surface area contributed by atoms with E-state index in [0.29, 0.717) is 12.1 Å². The summed E-state index contributed by atoms with van der Waals surface area (Å²) in [5.74, 6) is 0. The van der Waals surface area contributed by atoms with Crippen LogP contribution in [0.25, 0.3) is 0 Å². The molecule has 0 saturated heterocycles. The number of hydrogen-bond donors (Lipinski definition) is 1. The zero-order chi connectivity index (χ0) is 12.5. The minimum atomic E-state index is 0.454. The number of rotatable bonds is 2. The molecule has 1 aromatic carbocycles. The van der Waals surface area contributed by atoms with Gasteiger partial charge in [-0.25, -0.2) is 0 Å². The lowest BCUT2D eigenvalue weighted by molar-refractivity contribution is 0.135. The van der Waals surface area contributed by atoms with Gasteiger partial charge >= 0.3 is 0 Å². The van der Waals surface area contributed by atoms with E-state index in [4.69, 9.17) is 5.73 Å². The molecule has 0 atom stereocenters. The van der Waals surface area contributed by atoms with Gasteiger partial charge in [0.05, 0.1) is 0 Å². The van der Waals surface area contributed by atoms with Gasteiger partial charge in [0.2, 0.25) is 0 Å². The third-order valence-electron chi connectivity index (χ3n) is 4.92. The van der Waals surface area contributed by atoms with Crippen molar-refractivity contribution in [3.63, 3.8) is 0 Å². The third kappa shape index (κ3) is 2.32. The predicted octanol–water partition coefficient (Wildman–Crippen LogP) is 2.36. The maximum atomic E-state index is 6.00. The maximum absolute atomic E-state index is 6.00. The van der Waals surface area contributed by atoms with Crippen molar-refractivity contribution in [2.75, 3.05) is 7.05 Å². The molecule has 0 amide bonds. The van der Waals surface area contributed by atoms with E-state index in [1.165, 1.54) is 38.5 Å². The largest absolute Gasteiger partial charge is 0.328 e. The second-order valence-electron chi connectivity index (χ2n) is 6.06. The lowest BCUT2D eigenvalue weighted by atomic mass is 9.90. The van der Waals surface area contributed by atoms with Gasteiger partial charge in [0.15, 0.2) is 0 Å². The van der Waals surface area contributed by atoms with Crippen LogP contribution in [-0.4, -0.2) is 30.1 Å². The van der Waals surface area contributed by atoms with E-state index < -0.39 is 0 Å². The summed E-state index contributed by atoms with van der Waals surface area (Å²) in [6, 6.07) is 10.8. The van der Waals surface area contributed by atoms with E-state index in [9.17, 15) is 0 Å². The van der Waals surface area contributed by atoms with Crippen LogP contribution in [0.1, 0.15) is 36.8 Å². The van der Waals surface area contributed by atoms with Gasteiger partial charge in [-0.05, 0) is 56.7 Å². The topological polar surface area (TPSA) is 29.3 Å². The van der Waals surface area contributed by atoms with Crippen LogP contribution < -0.4 is 5.73 Å². The van der Waals surface area contributed by atoms with Gasteiger partial charge in [-0.2, -0.15) is 0 Å². The van der Waals surface area contributed by atoms with E-state index in [0.717, 1.165) is 6.04 Å². The molecule has 2 N–H and O–H groups in total. The third-order valence-corrected chi connectivity index (χ3v) is 4.92. The first-order valence-electron chi connectivity index (χ1n) is 7.28. The molecule has 0 bridgehead atoms. The fraction of sp³-hybridized carbons (Fsp3) is 0.625. The molecule has 98 valence electrons. The number of fused-ring (bicyclic) bond motifs is 1. The Balaban J connectivity index is 1.63. The van der Waals surface area contributed by atoms with Gasteiger partial charge in [0.1, 0.15) is 0 Å². The number of nitrogens with zero attached hydrogens (tertiary/aromatic N) is 1. The average Bonchev–Trinajstić information content (AvgIpc) is 2.82. The van der Waals surface area contributed by atoms with Gasteiger partial charge in [0, 0.05) is 18.1 Å². The van der Waals surface area contributed by atoms with Gasteiger partial charge in [-0.3, -0.25) is 4.90 Å². The number of hydrogen-bond acceptors (Lipinski definition) is 2. The molecule has 18 heavy (non-hydrogen) atoms. The van der Waals surface area contributed by atoms with Crippen LogP contribution in [-0.2, 0) is 12.8 Å². The van der Waals surface area contributed by atoms with Gasteiger partial charge < -0.3 is 5.73 Å². The van der Waals surface area contributed by atoms with Crippen LogP contribution >= 0.6 is 0 Å². The Bertz CT molecular complexity index is 382. The Kier molecular flexibility index (Phi) is 3.40. The summed E-state index contributed by atoms with van der Waals surface area (Å²) in [4.78, 5) is 2.63. The fourth-order valence-corrected chi connectivity index (χ4v) is 3.63. The predicted molar refractivity (Wildman–Crippen MR) is 75.6 cm³/mol. The summed E-state index contributed by atoms with van der Waals surface area (Å²) in [5, 5.41) is 0. The molecule has 2 nitrogen and oxygen atoms in total. The summed E-state index contributed by atoms with van der Waals surface area (Å²) in [6.07, 6.45) is 7.43. The van der Waals surface area contributed by atoms with Gasteiger partial charge in [-0.1, -0.05) is 24.3 Å². The highest BCUT2D eigenvalue weighted by Gasteiger charge is 2.30. The first kappa shape index (κ1) is 12.2. The summed E-state index contributed by atoms with van der Waals surface area (Å²) in [6.45, 7) is 0.